The van der Waals surface area contributed by atoms with Crippen LogP contribution in [0.25, 0.3) is 0 Å². The van der Waals surface area contributed by atoms with Crippen LogP contribution in [0.3, 0.4) is 0 Å². The Morgan fingerprint density at radius 1 is 1.30 bits per heavy atom. The summed E-state index contributed by atoms with van der Waals surface area (Å²) in [5, 5.41) is 5.43. The van der Waals surface area contributed by atoms with E-state index in [0.29, 0.717) is 17.9 Å². The van der Waals surface area contributed by atoms with Gasteiger partial charge in [-0.15, -0.1) is 0 Å². The molecule has 1 atom stereocenters. The number of hydrogen-bond donors (Lipinski definition) is 2. The molecule has 0 radical (unpaired) electrons. The first-order chi connectivity index (χ1) is 12.8. The second-order valence-corrected chi connectivity index (χ2v) is 7.98. The highest BCUT2D eigenvalue weighted by atomic mass is 32.2. The molecule has 2 aliphatic rings. The molecule has 1 spiro atoms. The monoisotopic (exact) mass is 390 g/mol. The smallest absolute Gasteiger partial charge is 0.325 e. The van der Waals surface area contributed by atoms with Gasteiger partial charge in [0.2, 0.25) is 11.8 Å². The molecular formula is C18H22N4O4S. The number of carbonyl (C=O) groups excluding carboxylic acids is 4. The van der Waals surface area contributed by atoms with E-state index in [1.54, 1.807) is 23.9 Å². The molecule has 3 rings (SSSR count). The molecule has 144 valence electrons. The standard InChI is InChI=1S/C18H22N4O4S/c1-12-3-5-13(6-4-12)19-14(23)9-21(2)15(24)10-22-16(25)18(20-17(22)26)7-8-27-11-18/h3-6H,7-11H2,1-2H3,(H,19,23)(H,20,26). The predicted octanol–water partition coefficient (Wildman–Crippen LogP) is 0.819. The number of anilines is 1. The maximum absolute atomic E-state index is 12.6. The van der Waals surface area contributed by atoms with Crippen LogP contribution in [0.2, 0.25) is 0 Å². The van der Waals surface area contributed by atoms with Crippen LogP contribution in [0.1, 0.15) is 12.0 Å². The van der Waals surface area contributed by atoms with E-state index in [-0.39, 0.29) is 24.9 Å². The SMILES string of the molecule is Cc1ccc(NC(=O)CN(C)C(=O)CN2C(=O)NC3(CCSC3)C2=O)cc1. The van der Waals surface area contributed by atoms with Gasteiger partial charge in [-0.05, 0) is 31.2 Å². The van der Waals surface area contributed by atoms with Gasteiger partial charge < -0.3 is 15.5 Å². The van der Waals surface area contributed by atoms with Crippen molar-refractivity contribution in [1.29, 1.82) is 0 Å². The number of rotatable bonds is 5. The van der Waals surface area contributed by atoms with E-state index in [1.165, 1.54) is 11.9 Å². The number of thioether (sulfide) groups is 1. The van der Waals surface area contributed by atoms with Crippen molar-refractivity contribution >= 4 is 41.2 Å². The second kappa shape index (κ2) is 7.59. The summed E-state index contributed by atoms with van der Waals surface area (Å²) < 4.78 is 0. The molecule has 1 unspecified atom stereocenters. The lowest BCUT2D eigenvalue weighted by atomic mass is 9.99. The Morgan fingerprint density at radius 3 is 2.63 bits per heavy atom. The zero-order valence-electron chi connectivity index (χ0n) is 15.3. The molecule has 8 nitrogen and oxygen atoms in total. The van der Waals surface area contributed by atoms with Gasteiger partial charge in [-0.3, -0.25) is 19.3 Å². The van der Waals surface area contributed by atoms with Gasteiger partial charge in [-0.25, -0.2) is 4.79 Å². The number of nitrogens with zero attached hydrogens (tertiary/aromatic N) is 2. The summed E-state index contributed by atoms with van der Waals surface area (Å²) in [6, 6.07) is 6.76. The first kappa shape index (κ1) is 19.2. The molecular weight excluding hydrogens is 368 g/mol. The fraction of sp³-hybridized carbons (Fsp3) is 0.444. The van der Waals surface area contributed by atoms with Crippen molar-refractivity contribution in [3.63, 3.8) is 0 Å². The summed E-state index contributed by atoms with van der Waals surface area (Å²) in [6.45, 7) is 1.41. The Hall–Kier alpha value is -2.55. The Labute approximate surface area is 161 Å². The zero-order chi connectivity index (χ0) is 19.6. The molecule has 0 aromatic heterocycles. The highest BCUT2D eigenvalue weighted by molar-refractivity contribution is 7.99. The maximum atomic E-state index is 12.6. The average Bonchev–Trinajstić information content (AvgIpc) is 3.18. The van der Waals surface area contributed by atoms with Crippen LogP contribution < -0.4 is 10.6 Å². The minimum absolute atomic E-state index is 0.169. The first-order valence-electron chi connectivity index (χ1n) is 8.63. The van der Waals surface area contributed by atoms with Gasteiger partial charge in [-0.1, -0.05) is 17.7 Å². The number of nitrogens with one attached hydrogen (secondary N) is 2. The van der Waals surface area contributed by atoms with Crippen LogP contribution in [0.15, 0.2) is 24.3 Å². The number of likely N-dealkylation sites (N-methyl/N-ethyl adjacent to an activating group) is 1. The van der Waals surface area contributed by atoms with E-state index in [9.17, 15) is 19.2 Å². The lowest BCUT2D eigenvalue weighted by Gasteiger charge is -2.21. The summed E-state index contributed by atoms with van der Waals surface area (Å²) >= 11 is 1.60. The first-order valence-corrected chi connectivity index (χ1v) is 9.78. The molecule has 27 heavy (non-hydrogen) atoms. The molecule has 0 bridgehead atoms. The van der Waals surface area contributed by atoms with Gasteiger partial charge in [0.15, 0.2) is 0 Å². The summed E-state index contributed by atoms with van der Waals surface area (Å²) in [5.41, 5.74) is 0.845. The van der Waals surface area contributed by atoms with E-state index in [1.807, 2.05) is 19.1 Å². The molecule has 1 aromatic rings. The Balaban J connectivity index is 1.54. The molecule has 5 amide bonds. The van der Waals surface area contributed by atoms with Crippen LogP contribution in [-0.2, 0) is 14.4 Å². The molecule has 2 N–H and O–H groups in total. The van der Waals surface area contributed by atoms with E-state index in [2.05, 4.69) is 10.6 Å². The third-order valence-electron chi connectivity index (χ3n) is 4.70. The third kappa shape index (κ3) is 4.08. The van der Waals surface area contributed by atoms with E-state index >= 15 is 0 Å². The van der Waals surface area contributed by atoms with E-state index in [4.69, 9.17) is 0 Å². The minimum atomic E-state index is -0.872. The number of aryl methyl sites for hydroxylation is 1. The fourth-order valence-corrected chi connectivity index (χ4v) is 4.37. The van der Waals surface area contributed by atoms with Gasteiger partial charge in [0.1, 0.15) is 12.1 Å². The quantitative estimate of drug-likeness (QED) is 0.726. The van der Waals surface area contributed by atoms with Crippen molar-refractivity contribution in [1.82, 2.24) is 15.1 Å². The number of carbonyl (C=O) groups is 4. The number of amides is 5. The van der Waals surface area contributed by atoms with Crippen molar-refractivity contribution in [2.45, 2.75) is 18.9 Å². The number of imide groups is 1. The molecule has 1 aromatic carbocycles. The maximum Gasteiger partial charge on any atom is 0.325 e. The average molecular weight is 390 g/mol. The number of benzene rings is 1. The molecule has 0 aliphatic carbocycles. The van der Waals surface area contributed by atoms with Crippen LogP contribution in [0.5, 0.6) is 0 Å². The Morgan fingerprint density at radius 2 is 2.00 bits per heavy atom. The van der Waals surface area contributed by atoms with Crippen LogP contribution in [0, 0.1) is 6.92 Å². The lowest BCUT2D eigenvalue weighted by Crippen LogP contribution is -2.48. The lowest BCUT2D eigenvalue weighted by molar-refractivity contribution is -0.138. The molecule has 2 aliphatic heterocycles. The largest absolute Gasteiger partial charge is 0.335 e. The van der Waals surface area contributed by atoms with Crippen LogP contribution in [-0.4, -0.2) is 70.7 Å². The highest BCUT2D eigenvalue weighted by Gasteiger charge is 2.53. The van der Waals surface area contributed by atoms with Crippen molar-refractivity contribution in [3.8, 4) is 0 Å². The summed E-state index contributed by atoms with van der Waals surface area (Å²) in [4.78, 5) is 51.4. The topological polar surface area (TPSA) is 98.8 Å². The van der Waals surface area contributed by atoms with Gasteiger partial charge in [0, 0.05) is 18.5 Å². The summed E-state index contributed by atoms with van der Waals surface area (Å²) in [7, 11) is 1.47. The van der Waals surface area contributed by atoms with E-state index < -0.39 is 17.5 Å². The molecule has 0 saturated carbocycles. The molecule has 2 fully saturated rings. The number of hydrogen-bond acceptors (Lipinski definition) is 5. The Kier molecular flexibility index (Phi) is 5.41. The number of urea groups is 1. The van der Waals surface area contributed by atoms with Gasteiger partial charge in [0.25, 0.3) is 5.91 Å². The van der Waals surface area contributed by atoms with Crippen LogP contribution in [0.4, 0.5) is 10.5 Å². The summed E-state index contributed by atoms with van der Waals surface area (Å²) in [5.74, 6) is 0.142. The van der Waals surface area contributed by atoms with E-state index in [0.717, 1.165) is 16.2 Å². The van der Waals surface area contributed by atoms with Gasteiger partial charge in [0.05, 0.1) is 6.54 Å². The van der Waals surface area contributed by atoms with Gasteiger partial charge in [-0.2, -0.15) is 11.8 Å². The minimum Gasteiger partial charge on any atom is -0.335 e. The second-order valence-electron chi connectivity index (χ2n) is 6.87. The fourth-order valence-electron chi connectivity index (χ4n) is 3.05. The highest BCUT2D eigenvalue weighted by Crippen LogP contribution is 2.33. The summed E-state index contributed by atoms with van der Waals surface area (Å²) in [6.07, 6.45) is 0.571. The normalized spacial score (nSPS) is 21.5. The van der Waals surface area contributed by atoms with Crippen molar-refractivity contribution in [2.75, 3.05) is 37.0 Å². The molecule has 2 heterocycles. The van der Waals surface area contributed by atoms with Crippen molar-refractivity contribution in [2.24, 2.45) is 0 Å². The zero-order valence-corrected chi connectivity index (χ0v) is 16.1. The van der Waals surface area contributed by atoms with Gasteiger partial charge >= 0.3 is 6.03 Å². The Bertz CT molecular complexity index is 774. The van der Waals surface area contributed by atoms with Crippen molar-refractivity contribution < 1.29 is 19.2 Å². The van der Waals surface area contributed by atoms with Crippen LogP contribution >= 0.6 is 11.8 Å². The molecule has 9 heteroatoms. The third-order valence-corrected chi connectivity index (χ3v) is 5.89. The molecule has 2 saturated heterocycles. The predicted molar refractivity (Wildman–Crippen MR) is 102 cm³/mol. The van der Waals surface area contributed by atoms with Crippen molar-refractivity contribution in [3.05, 3.63) is 29.8 Å².